The van der Waals surface area contributed by atoms with Gasteiger partial charge in [-0.2, -0.15) is 0 Å². The average molecular weight is 285 g/mol. The molecule has 0 heterocycles. The van der Waals surface area contributed by atoms with Crippen molar-refractivity contribution in [1.82, 2.24) is 0 Å². The summed E-state index contributed by atoms with van der Waals surface area (Å²) >= 11 is 3.36. The van der Waals surface area contributed by atoms with Crippen molar-refractivity contribution in [3.8, 4) is 0 Å². The average Bonchev–Trinajstić information content (AvgIpc) is 2.89. The summed E-state index contributed by atoms with van der Waals surface area (Å²) in [6, 6.07) is 3.38. The third-order valence-electron chi connectivity index (χ3n) is 2.92. The van der Waals surface area contributed by atoms with Crippen LogP contribution in [0, 0.1) is 17.0 Å². The van der Waals surface area contributed by atoms with Gasteiger partial charge in [0.15, 0.2) is 0 Å². The molecule has 1 N–H and O–H groups in total. The lowest BCUT2D eigenvalue weighted by Gasteiger charge is -2.15. The van der Waals surface area contributed by atoms with Crippen LogP contribution in [-0.2, 0) is 0 Å². The number of rotatable bonds is 3. The number of hydrogen-bond acceptors (Lipinski definition) is 3. The largest absolute Gasteiger partial charge is 0.379 e. The molecule has 86 valence electrons. The molecule has 16 heavy (non-hydrogen) atoms. The van der Waals surface area contributed by atoms with Gasteiger partial charge >= 0.3 is 0 Å². The van der Waals surface area contributed by atoms with Crippen LogP contribution in [0.2, 0.25) is 0 Å². The maximum absolute atomic E-state index is 10.7. The van der Waals surface area contributed by atoms with Gasteiger partial charge < -0.3 is 5.32 Å². The highest BCUT2D eigenvalue weighted by molar-refractivity contribution is 9.10. The molecule has 1 saturated carbocycles. The molecule has 0 aromatic heterocycles. The molecule has 1 aromatic carbocycles. The number of nitrogens with one attached hydrogen (secondary N) is 1. The van der Waals surface area contributed by atoms with Gasteiger partial charge in [-0.15, -0.1) is 0 Å². The van der Waals surface area contributed by atoms with E-state index in [1.165, 1.54) is 0 Å². The highest BCUT2D eigenvalue weighted by Gasteiger charge is 2.37. The topological polar surface area (TPSA) is 55.2 Å². The number of nitro groups is 1. The molecule has 2 rings (SSSR count). The number of aryl methyl sites for hydroxylation is 1. The van der Waals surface area contributed by atoms with Crippen molar-refractivity contribution >= 4 is 27.3 Å². The number of anilines is 1. The van der Waals surface area contributed by atoms with Gasteiger partial charge in [-0.3, -0.25) is 10.1 Å². The van der Waals surface area contributed by atoms with Gasteiger partial charge in [-0.25, -0.2) is 0 Å². The Hall–Kier alpha value is -1.10. The van der Waals surface area contributed by atoms with Crippen molar-refractivity contribution in [3.05, 3.63) is 32.3 Å². The maximum atomic E-state index is 10.7. The van der Waals surface area contributed by atoms with Crippen LogP contribution in [0.4, 0.5) is 11.4 Å². The fourth-order valence-electron chi connectivity index (χ4n) is 1.60. The standard InChI is InChI=1S/C11H13BrN2O2/c1-7-5-9(13-11(2)3-4-11)8(12)6-10(7)14(15)16/h5-6,13H,3-4H2,1-2H3. The number of nitro benzene ring substituents is 1. The summed E-state index contributed by atoms with van der Waals surface area (Å²) in [5, 5.41) is 14.1. The van der Waals surface area contributed by atoms with E-state index in [9.17, 15) is 10.1 Å². The molecule has 1 aliphatic rings. The van der Waals surface area contributed by atoms with Crippen molar-refractivity contribution in [2.45, 2.75) is 32.2 Å². The molecule has 0 unspecified atom stereocenters. The number of benzene rings is 1. The lowest BCUT2D eigenvalue weighted by Crippen LogP contribution is -2.16. The van der Waals surface area contributed by atoms with E-state index in [1.54, 1.807) is 13.0 Å². The second kappa shape index (κ2) is 3.73. The molecule has 0 amide bonds. The first kappa shape index (κ1) is 11.4. The van der Waals surface area contributed by atoms with E-state index in [2.05, 4.69) is 28.2 Å². The minimum atomic E-state index is -0.358. The third-order valence-corrected chi connectivity index (χ3v) is 3.57. The van der Waals surface area contributed by atoms with E-state index in [4.69, 9.17) is 0 Å². The van der Waals surface area contributed by atoms with E-state index in [1.807, 2.05) is 6.07 Å². The van der Waals surface area contributed by atoms with Crippen LogP contribution in [0.15, 0.2) is 16.6 Å². The molecule has 0 spiro atoms. The van der Waals surface area contributed by atoms with E-state index < -0.39 is 0 Å². The van der Waals surface area contributed by atoms with Gasteiger partial charge in [-0.05, 0) is 48.7 Å². The van der Waals surface area contributed by atoms with E-state index in [0.717, 1.165) is 23.0 Å². The zero-order valence-corrected chi connectivity index (χ0v) is 10.8. The summed E-state index contributed by atoms with van der Waals surface area (Å²) in [5.41, 5.74) is 1.94. The summed E-state index contributed by atoms with van der Waals surface area (Å²) in [5.74, 6) is 0. The predicted octanol–water partition coefficient (Wildman–Crippen LogP) is 3.63. The first-order chi connectivity index (χ1) is 7.41. The summed E-state index contributed by atoms with van der Waals surface area (Å²) in [6.45, 7) is 3.90. The molecule has 5 heteroatoms. The molecule has 1 aromatic rings. The van der Waals surface area contributed by atoms with Crippen molar-refractivity contribution in [1.29, 1.82) is 0 Å². The fourth-order valence-corrected chi connectivity index (χ4v) is 2.03. The maximum Gasteiger partial charge on any atom is 0.273 e. The molecule has 0 saturated heterocycles. The van der Waals surface area contributed by atoms with Gasteiger partial charge in [0.1, 0.15) is 0 Å². The molecule has 0 aliphatic heterocycles. The summed E-state index contributed by atoms with van der Waals surface area (Å²) in [4.78, 5) is 10.4. The minimum absolute atomic E-state index is 0.151. The van der Waals surface area contributed by atoms with E-state index >= 15 is 0 Å². The Kier molecular flexibility index (Phi) is 2.66. The predicted molar refractivity (Wildman–Crippen MR) is 66.8 cm³/mol. The molecule has 0 atom stereocenters. The molecule has 4 nitrogen and oxygen atoms in total. The monoisotopic (exact) mass is 284 g/mol. The summed E-state index contributed by atoms with van der Waals surface area (Å²) in [7, 11) is 0. The Morgan fingerprint density at radius 3 is 2.62 bits per heavy atom. The molecule has 1 fully saturated rings. The Balaban J connectivity index is 2.33. The van der Waals surface area contributed by atoms with Crippen molar-refractivity contribution in [2.24, 2.45) is 0 Å². The first-order valence-electron chi connectivity index (χ1n) is 5.14. The van der Waals surface area contributed by atoms with Crippen LogP contribution < -0.4 is 5.32 Å². The Morgan fingerprint density at radius 2 is 2.12 bits per heavy atom. The normalized spacial score (nSPS) is 16.9. The van der Waals surface area contributed by atoms with Crippen LogP contribution in [0.1, 0.15) is 25.3 Å². The second-order valence-corrected chi connectivity index (χ2v) is 5.42. The van der Waals surface area contributed by atoms with Gasteiger partial charge in [0.2, 0.25) is 0 Å². The van der Waals surface area contributed by atoms with Crippen molar-refractivity contribution in [3.63, 3.8) is 0 Å². The number of hydrogen-bond donors (Lipinski definition) is 1. The molecule has 1 aliphatic carbocycles. The van der Waals surface area contributed by atoms with Crippen LogP contribution in [0.25, 0.3) is 0 Å². The summed E-state index contributed by atoms with van der Waals surface area (Å²) in [6.07, 6.45) is 2.30. The van der Waals surface area contributed by atoms with E-state index in [-0.39, 0.29) is 16.1 Å². The zero-order chi connectivity index (χ0) is 11.9. The Morgan fingerprint density at radius 1 is 1.50 bits per heavy atom. The van der Waals surface area contributed by atoms with Crippen LogP contribution >= 0.6 is 15.9 Å². The smallest absolute Gasteiger partial charge is 0.273 e. The lowest BCUT2D eigenvalue weighted by molar-refractivity contribution is -0.385. The molecule has 0 radical (unpaired) electrons. The number of nitrogens with zero attached hydrogens (tertiary/aromatic N) is 1. The van der Waals surface area contributed by atoms with Crippen LogP contribution in [0.5, 0.6) is 0 Å². The minimum Gasteiger partial charge on any atom is -0.379 e. The number of halogens is 1. The van der Waals surface area contributed by atoms with Gasteiger partial charge in [-0.1, -0.05) is 0 Å². The first-order valence-corrected chi connectivity index (χ1v) is 5.93. The highest BCUT2D eigenvalue weighted by Crippen LogP contribution is 2.41. The second-order valence-electron chi connectivity index (χ2n) is 4.56. The molecular weight excluding hydrogens is 272 g/mol. The lowest BCUT2D eigenvalue weighted by atomic mass is 10.1. The summed E-state index contributed by atoms with van der Waals surface area (Å²) < 4.78 is 0.748. The van der Waals surface area contributed by atoms with Gasteiger partial charge in [0.05, 0.1) is 4.92 Å². The van der Waals surface area contributed by atoms with Crippen molar-refractivity contribution < 1.29 is 4.92 Å². The Labute approximate surface area is 102 Å². The van der Waals surface area contributed by atoms with Gasteiger partial charge in [0, 0.05) is 27.3 Å². The third kappa shape index (κ3) is 2.19. The Bertz CT molecular complexity index is 456. The van der Waals surface area contributed by atoms with Crippen molar-refractivity contribution in [2.75, 3.05) is 5.32 Å². The SMILES string of the molecule is Cc1cc(NC2(C)CC2)c(Br)cc1[N+](=O)[O-]. The molecular formula is C11H13BrN2O2. The quantitative estimate of drug-likeness (QED) is 0.681. The fraction of sp³-hybridized carbons (Fsp3) is 0.455. The van der Waals surface area contributed by atoms with Crippen LogP contribution in [-0.4, -0.2) is 10.5 Å². The van der Waals surface area contributed by atoms with Crippen LogP contribution in [0.3, 0.4) is 0 Å². The molecule has 0 bridgehead atoms. The van der Waals surface area contributed by atoms with E-state index in [0.29, 0.717) is 5.56 Å². The zero-order valence-electron chi connectivity index (χ0n) is 9.21. The highest BCUT2D eigenvalue weighted by atomic mass is 79.9. The van der Waals surface area contributed by atoms with Gasteiger partial charge in [0.25, 0.3) is 5.69 Å².